The molecule has 2 atom stereocenters. The van der Waals surface area contributed by atoms with Crippen LogP contribution in [-0.2, 0) is 4.79 Å². The molecule has 2 unspecified atom stereocenters. The summed E-state index contributed by atoms with van der Waals surface area (Å²) in [5.74, 6) is 1.63. The summed E-state index contributed by atoms with van der Waals surface area (Å²) in [4.78, 5) is 24.7. The summed E-state index contributed by atoms with van der Waals surface area (Å²) < 4.78 is 0. The molecule has 1 aliphatic heterocycles. The number of nitrogens with zero attached hydrogens (tertiary/aromatic N) is 1. The van der Waals surface area contributed by atoms with Crippen LogP contribution in [-0.4, -0.2) is 41.1 Å². The van der Waals surface area contributed by atoms with Crippen LogP contribution in [0.5, 0.6) is 0 Å². The Balaban J connectivity index is 2.65. The third-order valence-corrected chi connectivity index (χ3v) is 3.41. The number of rotatable bonds is 3. The normalized spacial score (nSPS) is 25.1. The lowest BCUT2D eigenvalue weighted by atomic mass is 9.82. The molecule has 1 rings (SSSR count). The van der Waals surface area contributed by atoms with Crippen molar-refractivity contribution in [3.63, 3.8) is 0 Å². The Labute approximate surface area is 108 Å². The zero-order valence-electron chi connectivity index (χ0n) is 10.9. The van der Waals surface area contributed by atoms with Crippen LogP contribution in [0.3, 0.4) is 0 Å². The Hall–Kier alpha value is -1.70. The van der Waals surface area contributed by atoms with Gasteiger partial charge < -0.3 is 15.3 Å². The number of terminal acetylenes is 1. The van der Waals surface area contributed by atoms with Crippen molar-refractivity contribution in [1.82, 2.24) is 10.2 Å². The average Bonchev–Trinajstić information content (AvgIpc) is 2.35. The zero-order chi connectivity index (χ0) is 13.8. The minimum Gasteiger partial charge on any atom is -0.481 e. The number of amides is 2. The van der Waals surface area contributed by atoms with Crippen LogP contribution in [0.1, 0.15) is 33.1 Å². The van der Waals surface area contributed by atoms with Crippen LogP contribution in [0.4, 0.5) is 4.79 Å². The van der Waals surface area contributed by atoms with Gasteiger partial charge in [-0.3, -0.25) is 4.79 Å². The van der Waals surface area contributed by atoms with E-state index in [-0.39, 0.29) is 18.6 Å². The number of hydrogen-bond donors (Lipinski definition) is 2. The number of carbonyl (C=O) groups excluding carboxylic acids is 1. The fraction of sp³-hybridized carbons (Fsp3) is 0.692. The molecule has 0 aromatic rings. The number of likely N-dealkylation sites (tertiary alicyclic amines) is 1. The highest BCUT2D eigenvalue weighted by atomic mass is 16.4. The number of piperidine rings is 1. The lowest BCUT2D eigenvalue weighted by Crippen LogP contribution is -2.53. The molecule has 0 aromatic carbocycles. The van der Waals surface area contributed by atoms with Gasteiger partial charge in [-0.25, -0.2) is 4.79 Å². The van der Waals surface area contributed by atoms with Crippen molar-refractivity contribution < 1.29 is 14.7 Å². The maximum absolute atomic E-state index is 12.0. The van der Waals surface area contributed by atoms with Gasteiger partial charge in [0, 0.05) is 13.1 Å². The summed E-state index contributed by atoms with van der Waals surface area (Å²) in [6.07, 6.45) is 7.24. The number of aliphatic carboxylic acids is 1. The van der Waals surface area contributed by atoms with Crippen molar-refractivity contribution in [2.45, 2.75) is 39.2 Å². The van der Waals surface area contributed by atoms with Crippen LogP contribution in [0.2, 0.25) is 0 Å². The van der Waals surface area contributed by atoms with Crippen molar-refractivity contribution in [2.75, 3.05) is 13.1 Å². The average molecular weight is 252 g/mol. The molecule has 1 saturated heterocycles. The second kappa shape index (κ2) is 5.76. The van der Waals surface area contributed by atoms with E-state index >= 15 is 0 Å². The summed E-state index contributed by atoms with van der Waals surface area (Å²) in [5, 5.41) is 11.9. The van der Waals surface area contributed by atoms with Gasteiger partial charge in [0.1, 0.15) is 0 Å². The molecular weight excluding hydrogens is 232 g/mol. The maximum Gasteiger partial charge on any atom is 0.318 e. The molecule has 5 nitrogen and oxygen atoms in total. The molecule has 1 aliphatic rings. The van der Waals surface area contributed by atoms with Crippen LogP contribution in [0.25, 0.3) is 0 Å². The van der Waals surface area contributed by atoms with E-state index in [1.165, 1.54) is 4.90 Å². The fourth-order valence-corrected chi connectivity index (χ4v) is 2.09. The van der Waals surface area contributed by atoms with E-state index in [2.05, 4.69) is 11.2 Å². The lowest BCUT2D eigenvalue weighted by Gasteiger charge is -2.37. The first-order valence-electron chi connectivity index (χ1n) is 6.18. The molecule has 18 heavy (non-hydrogen) atoms. The summed E-state index contributed by atoms with van der Waals surface area (Å²) in [5.41, 5.74) is -0.854. The van der Waals surface area contributed by atoms with Crippen molar-refractivity contribution in [2.24, 2.45) is 5.41 Å². The zero-order valence-corrected chi connectivity index (χ0v) is 10.9. The molecule has 2 N–H and O–H groups in total. The van der Waals surface area contributed by atoms with Crippen LogP contribution < -0.4 is 5.32 Å². The third kappa shape index (κ3) is 3.16. The van der Waals surface area contributed by atoms with E-state index in [0.29, 0.717) is 25.8 Å². The van der Waals surface area contributed by atoms with E-state index in [1.807, 2.05) is 6.92 Å². The summed E-state index contributed by atoms with van der Waals surface area (Å²) in [7, 11) is 0. The van der Waals surface area contributed by atoms with E-state index in [9.17, 15) is 14.7 Å². The van der Waals surface area contributed by atoms with Gasteiger partial charge in [-0.15, -0.1) is 6.42 Å². The highest BCUT2D eigenvalue weighted by Gasteiger charge is 2.39. The van der Waals surface area contributed by atoms with Crippen molar-refractivity contribution >= 4 is 12.0 Å². The molecule has 0 aliphatic carbocycles. The third-order valence-electron chi connectivity index (χ3n) is 3.41. The molecule has 0 saturated carbocycles. The molecule has 2 amide bonds. The van der Waals surface area contributed by atoms with Crippen LogP contribution in [0, 0.1) is 17.8 Å². The monoisotopic (exact) mass is 252 g/mol. The standard InChI is InChI=1S/C13H20N2O3/c1-4-10(5-2)14-12(18)15-8-6-7-13(3,9-15)11(16)17/h1,10H,5-9H2,2-3H3,(H,14,18)(H,16,17). The van der Waals surface area contributed by atoms with Crippen LogP contribution in [0.15, 0.2) is 0 Å². The minimum atomic E-state index is -0.857. The first-order chi connectivity index (χ1) is 8.42. The maximum atomic E-state index is 12.0. The molecule has 100 valence electrons. The van der Waals surface area contributed by atoms with Gasteiger partial charge in [0.25, 0.3) is 0 Å². The number of carboxylic acids is 1. The van der Waals surface area contributed by atoms with Crippen molar-refractivity contribution in [1.29, 1.82) is 0 Å². The number of nitrogens with one attached hydrogen (secondary N) is 1. The fourth-order valence-electron chi connectivity index (χ4n) is 2.09. The highest BCUT2D eigenvalue weighted by Crippen LogP contribution is 2.29. The van der Waals surface area contributed by atoms with E-state index in [4.69, 9.17) is 6.42 Å². The van der Waals surface area contributed by atoms with Gasteiger partial charge in [0.2, 0.25) is 0 Å². The number of carbonyl (C=O) groups is 2. The van der Waals surface area contributed by atoms with Gasteiger partial charge >= 0.3 is 12.0 Å². The molecular formula is C13H20N2O3. The second-order valence-corrected chi connectivity index (χ2v) is 4.97. The molecule has 0 radical (unpaired) electrons. The second-order valence-electron chi connectivity index (χ2n) is 4.97. The van der Waals surface area contributed by atoms with Gasteiger partial charge in [-0.05, 0) is 26.2 Å². The van der Waals surface area contributed by atoms with E-state index < -0.39 is 11.4 Å². The Morgan fingerprint density at radius 2 is 2.28 bits per heavy atom. The molecule has 0 bridgehead atoms. The topological polar surface area (TPSA) is 69.6 Å². The van der Waals surface area contributed by atoms with E-state index in [0.717, 1.165) is 0 Å². The smallest absolute Gasteiger partial charge is 0.318 e. The molecule has 1 heterocycles. The highest BCUT2D eigenvalue weighted by molar-refractivity contribution is 5.78. The van der Waals surface area contributed by atoms with Gasteiger partial charge in [-0.1, -0.05) is 12.8 Å². The van der Waals surface area contributed by atoms with Crippen molar-refractivity contribution in [3.05, 3.63) is 0 Å². The number of hydrogen-bond acceptors (Lipinski definition) is 2. The minimum absolute atomic E-state index is 0.231. The molecule has 0 spiro atoms. The summed E-state index contributed by atoms with van der Waals surface area (Å²) in [6, 6.07) is -0.567. The predicted octanol–water partition coefficient (Wildman–Crippen LogP) is 1.29. The SMILES string of the molecule is C#CC(CC)NC(=O)N1CCCC(C)(C(=O)O)C1. The first kappa shape index (κ1) is 14.4. The van der Waals surface area contributed by atoms with Gasteiger partial charge in [-0.2, -0.15) is 0 Å². The quantitative estimate of drug-likeness (QED) is 0.744. The Morgan fingerprint density at radius 1 is 1.61 bits per heavy atom. The molecule has 1 fully saturated rings. The number of urea groups is 1. The predicted molar refractivity (Wildman–Crippen MR) is 68.0 cm³/mol. The number of carboxylic acid groups (broad SMARTS) is 1. The van der Waals surface area contributed by atoms with Gasteiger partial charge in [0.15, 0.2) is 0 Å². The largest absolute Gasteiger partial charge is 0.481 e. The molecule has 0 aromatic heterocycles. The lowest BCUT2D eigenvalue weighted by molar-refractivity contribution is -0.150. The first-order valence-corrected chi connectivity index (χ1v) is 6.18. The van der Waals surface area contributed by atoms with Gasteiger partial charge in [0.05, 0.1) is 11.5 Å². The Morgan fingerprint density at radius 3 is 2.78 bits per heavy atom. The Kier molecular flexibility index (Phi) is 4.60. The summed E-state index contributed by atoms with van der Waals surface area (Å²) in [6.45, 7) is 4.38. The molecule has 5 heteroatoms. The van der Waals surface area contributed by atoms with Crippen LogP contribution >= 0.6 is 0 Å². The van der Waals surface area contributed by atoms with E-state index in [1.54, 1.807) is 6.92 Å². The summed E-state index contributed by atoms with van der Waals surface area (Å²) >= 11 is 0. The van der Waals surface area contributed by atoms with Crippen molar-refractivity contribution in [3.8, 4) is 12.3 Å². The Bertz CT molecular complexity index is 375.